The minimum absolute atomic E-state index is 0.340. The van der Waals surface area contributed by atoms with E-state index in [0.717, 1.165) is 10.9 Å². The van der Waals surface area contributed by atoms with Gasteiger partial charge in [-0.25, -0.2) is 9.82 Å². The Kier molecular flexibility index (Phi) is 5.33. The number of nitrogens with two attached hydrogens (primary N) is 1. The maximum absolute atomic E-state index is 14.2. The summed E-state index contributed by atoms with van der Waals surface area (Å²) in [4.78, 5) is 0. The Morgan fingerprint density at radius 3 is 2.90 bits per heavy atom. The summed E-state index contributed by atoms with van der Waals surface area (Å²) < 4.78 is 22.1. The number of hydrogen-bond acceptors (Lipinski definition) is 4. The highest BCUT2D eigenvalue weighted by Crippen LogP contribution is 2.32. The summed E-state index contributed by atoms with van der Waals surface area (Å²) in [6.07, 6.45) is 2.52. The third-order valence-electron chi connectivity index (χ3n) is 3.21. The molecule has 1 heterocycles. The van der Waals surface area contributed by atoms with Crippen LogP contribution in [-0.4, -0.2) is 16.9 Å². The highest BCUT2D eigenvalue weighted by molar-refractivity contribution is 9.10. The van der Waals surface area contributed by atoms with Crippen LogP contribution in [0.15, 0.2) is 28.9 Å². The van der Waals surface area contributed by atoms with Gasteiger partial charge in [0.2, 0.25) is 0 Å². The summed E-state index contributed by atoms with van der Waals surface area (Å²) in [5.41, 5.74) is 3.80. The Hall–Kier alpha value is -1.44. The Morgan fingerprint density at radius 1 is 1.52 bits per heavy atom. The van der Waals surface area contributed by atoms with Crippen LogP contribution in [0.2, 0.25) is 0 Å². The van der Waals surface area contributed by atoms with Crippen molar-refractivity contribution >= 4 is 15.9 Å². The van der Waals surface area contributed by atoms with Crippen LogP contribution in [0.3, 0.4) is 0 Å². The molecule has 0 saturated heterocycles. The lowest BCUT2D eigenvalue weighted by Gasteiger charge is -2.20. The lowest BCUT2D eigenvalue weighted by Crippen LogP contribution is -2.31. The zero-order valence-electron chi connectivity index (χ0n) is 11.9. The SMILES string of the molecule is CCCn1ncc(OC)c1C(NN)c1cc(Br)ccc1F. The monoisotopic (exact) mass is 356 g/mol. The second kappa shape index (κ2) is 7.02. The number of nitrogens with one attached hydrogen (secondary N) is 1. The number of halogens is 2. The molecule has 0 aliphatic heterocycles. The quantitative estimate of drug-likeness (QED) is 0.616. The van der Waals surface area contributed by atoms with E-state index in [4.69, 9.17) is 10.6 Å². The van der Waals surface area contributed by atoms with E-state index in [1.54, 1.807) is 30.1 Å². The number of hydrogen-bond donors (Lipinski definition) is 2. The fraction of sp³-hybridized carbons (Fsp3) is 0.357. The second-order valence-electron chi connectivity index (χ2n) is 4.59. The molecule has 7 heteroatoms. The normalized spacial score (nSPS) is 12.4. The molecule has 1 aromatic carbocycles. The molecule has 2 aromatic rings. The minimum atomic E-state index is -0.550. The average molecular weight is 357 g/mol. The molecule has 0 saturated carbocycles. The predicted octanol–water partition coefficient (Wildman–Crippen LogP) is 2.76. The zero-order valence-corrected chi connectivity index (χ0v) is 13.5. The number of aromatic nitrogens is 2. The maximum atomic E-state index is 14.2. The van der Waals surface area contributed by atoms with Crippen molar-refractivity contribution in [1.82, 2.24) is 15.2 Å². The van der Waals surface area contributed by atoms with Crippen LogP contribution in [0, 0.1) is 5.82 Å². The first-order valence-corrected chi connectivity index (χ1v) is 7.42. The van der Waals surface area contributed by atoms with Gasteiger partial charge >= 0.3 is 0 Å². The lowest BCUT2D eigenvalue weighted by molar-refractivity contribution is 0.396. The van der Waals surface area contributed by atoms with Crippen LogP contribution in [0.25, 0.3) is 0 Å². The molecule has 114 valence electrons. The van der Waals surface area contributed by atoms with Gasteiger partial charge in [-0.1, -0.05) is 22.9 Å². The summed E-state index contributed by atoms with van der Waals surface area (Å²) in [5.74, 6) is 5.91. The van der Waals surface area contributed by atoms with Gasteiger partial charge in [-0.15, -0.1) is 0 Å². The van der Waals surface area contributed by atoms with Crippen LogP contribution in [0.5, 0.6) is 5.75 Å². The van der Waals surface area contributed by atoms with Gasteiger partial charge in [-0.3, -0.25) is 10.5 Å². The number of ether oxygens (including phenoxy) is 1. The van der Waals surface area contributed by atoms with E-state index in [1.807, 2.05) is 6.92 Å². The highest BCUT2D eigenvalue weighted by Gasteiger charge is 2.25. The summed E-state index contributed by atoms with van der Waals surface area (Å²) in [6.45, 7) is 2.75. The van der Waals surface area contributed by atoms with Crippen LogP contribution in [0.4, 0.5) is 4.39 Å². The second-order valence-corrected chi connectivity index (χ2v) is 5.50. The average Bonchev–Trinajstić information content (AvgIpc) is 2.87. The summed E-state index contributed by atoms with van der Waals surface area (Å²) in [6, 6.07) is 4.19. The number of benzene rings is 1. The molecule has 0 radical (unpaired) electrons. The molecule has 0 spiro atoms. The molecule has 3 N–H and O–H groups in total. The van der Waals surface area contributed by atoms with Gasteiger partial charge in [0.15, 0.2) is 5.75 Å². The van der Waals surface area contributed by atoms with E-state index < -0.39 is 6.04 Å². The largest absolute Gasteiger partial charge is 0.493 e. The predicted molar refractivity (Wildman–Crippen MR) is 82.3 cm³/mol. The van der Waals surface area contributed by atoms with Crippen molar-refractivity contribution in [3.63, 3.8) is 0 Å². The van der Waals surface area contributed by atoms with Gasteiger partial charge in [0, 0.05) is 16.6 Å². The Bertz CT molecular complexity index is 617. The van der Waals surface area contributed by atoms with Gasteiger partial charge in [0.25, 0.3) is 0 Å². The Labute approximate surface area is 131 Å². The van der Waals surface area contributed by atoms with Crippen molar-refractivity contribution in [2.24, 2.45) is 5.84 Å². The van der Waals surface area contributed by atoms with Gasteiger partial charge < -0.3 is 4.74 Å². The Balaban J connectivity index is 2.55. The lowest BCUT2D eigenvalue weighted by atomic mass is 10.0. The number of aryl methyl sites for hydroxylation is 1. The molecule has 0 bridgehead atoms. The molecular formula is C14H18BrFN4O. The molecule has 0 fully saturated rings. The molecular weight excluding hydrogens is 339 g/mol. The molecule has 2 rings (SSSR count). The van der Waals surface area contributed by atoms with Crippen molar-refractivity contribution in [1.29, 1.82) is 0 Å². The minimum Gasteiger partial charge on any atom is -0.493 e. The van der Waals surface area contributed by atoms with Gasteiger partial charge in [-0.05, 0) is 24.6 Å². The molecule has 1 atom stereocenters. The Morgan fingerprint density at radius 2 is 2.29 bits per heavy atom. The highest BCUT2D eigenvalue weighted by atomic mass is 79.9. The zero-order chi connectivity index (χ0) is 15.4. The number of hydrazine groups is 1. The topological polar surface area (TPSA) is 65.1 Å². The molecule has 5 nitrogen and oxygen atoms in total. The first kappa shape index (κ1) is 15.9. The molecule has 21 heavy (non-hydrogen) atoms. The van der Waals surface area contributed by atoms with Crippen molar-refractivity contribution < 1.29 is 9.13 Å². The van der Waals surface area contributed by atoms with Crippen molar-refractivity contribution in [3.8, 4) is 5.75 Å². The van der Waals surface area contributed by atoms with Gasteiger partial charge in [0.05, 0.1) is 19.3 Å². The summed E-state index contributed by atoms with van der Waals surface area (Å²) in [7, 11) is 1.56. The number of methoxy groups -OCH3 is 1. The van der Waals surface area contributed by atoms with Gasteiger partial charge in [0.1, 0.15) is 11.5 Å². The van der Waals surface area contributed by atoms with Crippen molar-refractivity contribution in [2.75, 3.05) is 7.11 Å². The summed E-state index contributed by atoms with van der Waals surface area (Å²) in [5, 5.41) is 4.29. The van der Waals surface area contributed by atoms with Crippen LogP contribution in [-0.2, 0) is 6.54 Å². The van der Waals surface area contributed by atoms with Crippen molar-refractivity contribution in [2.45, 2.75) is 25.9 Å². The molecule has 1 unspecified atom stereocenters. The molecule has 0 aliphatic carbocycles. The molecule has 0 aliphatic rings. The van der Waals surface area contributed by atoms with Crippen LogP contribution in [0.1, 0.15) is 30.6 Å². The summed E-state index contributed by atoms with van der Waals surface area (Å²) >= 11 is 3.35. The third-order valence-corrected chi connectivity index (χ3v) is 3.70. The van der Waals surface area contributed by atoms with E-state index >= 15 is 0 Å². The smallest absolute Gasteiger partial charge is 0.161 e. The van der Waals surface area contributed by atoms with Gasteiger partial charge in [-0.2, -0.15) is 5.10 Å². The standard InChI is InChI=1S/C14H18BrFN4O/c1-3-6-20-14(12(21-2)8-18-20)13(19-17)10-7-9(15)4-5-11(10)16/h4-5,7-8,13,19H,3,6,17H2,1-2H3. The van der Waals surface area contributed by atoms with E-state index in [-0.39, 0.29) is 5.82 Å². The molecule has 1 aromatic heterocycles. The maximum Gasteiger partial charge on any atom is 0.161 e. The third kappa shape index (κ3) is 3.25. The number of nitrogens with zero attached hydrogens (tertiary/aromatic N) is 2. The van der Waals surface area contributed by atoms with Crippen LogP contribution < -0.4 is 16.0 Å². The first-order chi connectivity index (χ1) is 10.1. The van der Waals surface area contributed by atoms with E-state index in [2.05, 4.69) is 26.5 Å². The fourth-order valence-corrected chi connectivity index (χ4v) is 2.65. The number of rotatable bonds is 6. The van der Waals surface area contributed by atoms with E-state index in [9.17, 15) is 4.39 Å². The van der Waals surface area contributed by atoms with E-state index in [0.29, 0.717) is 23.6 Å². The first-order valence-electron chi connectivity index (χ1n) is 6.63. The van der Waals surface area contributed by atoms with Crippen LogP contribution >= 0.6 is 15.9 Å². The fourth-order valence-electron chi connectivity index (χ4n) is 2.27. The van der Waals surface area contributed by atoms with Crippen molar-refractivity contribution in [3.05, 3.63) is 45.9 Å². The molecule has 0 amide bonds. The van der Waals surface area contributed by atoms with E-state index in [1.165, 1.54) is 6.07 Å².